The van der Waals surface area contributed by atoms with Gasteiger partial charge >= 0.3 is 5.97 Å². The maximum Gasteiger partial charge on any atom is 0.322 e. The van der Waals surface area contributed by atoms with Crippen molar-refractivity contribution in [1.29, 1.82) is 0 Å². The highest BCUT2D eigenvalue weighted by molar-refractivity contribution is 7.80. The summed E-state index contributed by atoms with van der Waals surface area (Å²) in [4.78, 5) is 62.0. The first-order chi connectivity index (χ1) is 14.0. The van der Waals surface area contributed by atoms with Crippen LogP contribution in [0.1, 0.15) is 19.3 Å². The van der Waals surface area contributed by atoms with Crippen molar-refractivity contribution in [3.8, 4) is 0 Å². The van der Waals surface area contributed by atoms with E-state index in [9.17, 15) is 24.0 Å². The third-order valence-electron chi connectivity index (χ3n) is 3.57. The van der Waals surface area contributed by atoms with Crippen molar-refractivity contribution in [1.82, 2.24) is 16.0 Å². The van der Waals surface area contributed by atoms with Gasteiger partial charge in [-0.3, -0.25) is 29.0 Å². The third-order valence-corrected chi connectivity index (χ3v) is 3.93. The maximum atomic E-state index is 12.6. The zero-order chi connectivity index (χ0) is 23.3. The Morgan fingerprint density at radius 3 is 2.07 bits per heavy atom. The van der Waals surface area contributed by atoms with Crippen LogP contribution < -0.4 is 38.9 Å². The number of hydrogen-bond donors (Lipinski definition) is 9. The van der Waals surface area contributed by atoms with E-state index in [2.05, 4.69) is 33.6 Å². The Hall–Kier alpha value is -3.07. The van der Waals surface area contributed by atoms with E-state index in [1.807, 2.05) is 0 Å². The Labute approximate surface area is 178 Å². The minimum Gasteiger partial charge on any atom is -0.480 e. The molecule has 3 unspecified atom stereocenters. The summed E-state index contributed by atoms with van der Waals surface area (Å²) in [6.07, 6.45) is -0.0587. The number of nitrogens with two attached hydrogens (primary N) is 4. The minimum absolute atomic E-state index is 0.0771. The number of amides is 4. The van der Waals surface area contributed by atoms with Crippen LogP contribution in [0.3, 0.4) is 0 Å². The molecule has 15 heteroatoms. The Morgan fingerprint density at radius 2 is 1.57 bits per heavy atom. The molecule has 0 saturated carbocycles. The van der Waals surface area contributed by atoms with Crippen molar-refractivity contribution in [2.45, 2.75) is 37.4 Å². The van der Waals surface area contributed by atoms with Crippen molar-refractivity contribution in [2.24, 2.45) is 27.9 Å². The fourth-order valence-electron chi connectivity index (χ4n) is 2.11. The lowest BCUT2D eigenvalue weighted by atomic mass is 10.1. The number of carboxylic acids is 1. The number of hydrogen-bond acceptors (Lipinski definition) is 8. The summed E-state index contributed by atoms with van der Waals surface area (Å²) in [5.74, 6) is -4.65. The minimum atomic E-state index is -1.27. The van der Waals surface area contributed by atoms with Crippen LogP contribution in [0.25, 0.3) is 0 Å². The highest BCUT2D eigenvalue weighted by Gasteiger charge is 2.27. The second kappa shape index (κ2) is 14.0. The lowest BCUT2D eigenvalue weighted by Crippen LogP contribution is -2.56. The Bertz CT molecular complexity index is 670. The van der Waals surface area contributed by atoms with Gasteiger partial charge in [-0.2, -0.15) is 12.6 Å². The Morgan fingerprint density at radius 1 is 0.967 bits per heavy atom. The van der Waals surface area contributed by atoms with Crippen LogP contribution in [0.15, 0.2) is 4.99 Å². The molecule has 12 N–H and O–H groups in total. The first-order valence-electron chi connectivity index (χ1n) is 8.78. The van der Waals surface area contributed by atoms with Gasteiger partial charge in [-0.1, -0.05) is 0 Å². The van der Waals surface area contributed by atoms with Crippen molar-refractivity contribution in [3.05, 3.63) is 0 Å². The number of nitrogens with zero attached hydrogens (tertiary/aromatic N) is 1. The van der Waals surface area contributed by atoms with Crippen molar-refractivity contribution in [2.75, 3.05) is 18.8 Å². The number of carbonyl (C=O) groups is 5. The lowest BCUT2D eigenvalue weighted by Gasteiger charge is -2.23. The van der Waals surface area contributed by atoms with E-state index in [0.29, 0.717) is 0 Å². The number of aliphatic carboxylic acids is 1. The van der Waals surface area contributed by atoms with Gasteiger partial charge in [0.2, 0.25) is 23.6 Å². The fraction of sp³-hybridized carbons (Fsp3) is 0.600. The van der Waals surface area contributed by atoms with Crippen LogP contribution in [-0.2, 0) is 24.0 Å². The van der Waals surface area contributed by atoms with Crippen LogP contribution in [-0.4, -0.2) is 77.6 Å². The smallest absolute Gasteiger partial charge is 0.322 e. The summed E-state index contributed by atoms with van der Waals surface area (Å²) in [6, 6.07) is -3.56. The highest BCUT2D eigenvalue weighted by atomic mass is 32.1. The highest BCUT2D eigenvalue weighted by Crippen LogP contribution is 2.02. The van der Waals surface area contributed by atoms with Crippen molar-refractivity contribution in [3.63, 3.8) is 0 Å². The van der Waals surface area contributed by atoms with Gasteiger partial charge in [0.1, 0.15) is 18.6 Å². The molecule has 0 aromatic rings. The number of nitrogens with one attached hydrogen (secondary N) is 3. The summed E-state index contributed by atoms with van der Waals surface area (Å²) >= 11 is 3.96. The molecule has 0 aliphatic carbocycles. The number of aliphatic imine (C=N–C) groups is 1. The molecular formula is C15H28N8O6S. The summed E-state index contributed by atoms with van der Waals surface area (Å²) in [7, 11) is 0. The first-order valence-corrected chi connectivity index (χ1v) is 9.41. The summed E-state index contributed by atoms with van der Waals surface area (Å²) in [5, 5.41) is 15.5. The van der Waals surface area contributed by atoms with E-state index in [1.165, 1.54) is 0 Å². The second-order valence-corrected chi connectivity index (χ2v) is 6.51. The number of carbonyl (C=O) groups excluding carboxylic acids is 4. The maximum absolute atomic E-state index is 12.6. The molecule has 0 aliphatic rings. The second-order valence-electron chi connectivity index (χ2n) is 6.14. The molecule has 0 aromatic heterocycles. The molecule has 30 heavy (non-hydrogen) atoms. The molecule has 0 aliphatic heterocycles. The third kappa shape index (κ3) is 11.7. The van der Waals surface area contributed by atoms with E-state index >= 15 is 0 Å². The van der Waals surface area contributed by atoms with Gasteiger partial charge in [0.25, 0.3) is 0 Å². The molecule has 0 aromatic carbocycles. The Balaban J connectivity index is 5.15. The molecule has 170 valence electrons. The molecular weight excluding hydrogens is 420 g/mol. The summed E-state index contributed by atoms with van der Waals surface area (Å²) in [5.41, 5.74) is 21.0. The number of carboxylic acid groups (broad SMARTS) is 1. The summed E-state index contributed by atoms with van der Waals surface area (Å²) < 4.78 is 0. The molecule has 0 bridgehead atoms. The number of rotatable bonds is 14. The zero-order valence-electron chi connectivity index (χ0n) is 16.2. The van der Waals surface area contributed by atoms with Crippen LogP contribution in [0, 0.1) is 0 Å². The van der Waals surface area contributed by atoms with Crippen molar-refractivity contribution >= 4 is 48.2 Å². The largest absolute Gasteiger partial charge is 0.480 e. The Kier molecular flexibility index (Phi) is 12.6. The first kappa shape index (κ1) is 26.9. The topological polar surface area (TPSA) is 258 Å². The van der Waals surface area contributed by atoms with Crippen LogP contribution in [0.2, 0.25) is 0 Å². The van der Waals surface area contributed by atoms with Gasteiger partial charge < -0.3 is 44.0 Å². The number of guanidine groups is 1. The molecule has 3 atom stereocenters. The van der Waals surface area contributed by atoms with Gasteiger partial charge in [0.05, 0.1) is 12.5 Å². The zero-order valence-corrected chi connectivity index (χ0v) is 17.1. The normalized spacial score (nSPS) is 13.3. The van der Waals surface area contributed by atoms with Crippen LogP contribution >= 0.6 is 12.6 Å². The van der Waals surface area contributed by atoms with E-state index in [-0.39, 0.29) is 31.1 Å². The van der Waals surface area contributed by atoms with E-state index in [1.54, 1.807) is 0 Å². The number of primary amides is 1. The lowest BCUT2D eigenvalue weighted by molar-refractivity contribution is -0.138. The predicted molar refractivity (Wildman–Crippen MR) is 110 cm³/mol. The fourth-order valence-corrected chi connectivity index (χ4v) is 2.37. The van der Waals surface area contributed by atoms with Gasteiger partial charge in [-0.05, 0) is 12.8 Å². The molecule has 0 heterocycles. The predicted octanol–water partition coefficient (Wildman–Crippen LogP) is -4.66. The van der Waals surface area contributed by atoms with Gasteiger partial charge in [0.15, 0.2) is 5.96 Å². The van der Waals surface area contributed by atoms with Crippen LogP contribution in [0.5, 0.6) is 0 Å². The van der Waals surface area contributed by atoms with Gasteiger partial charge in [-0.15, -0.1) is 0 Å². The molecule has 0 saturated heterocycles. The quantitative estimate of drug-likeness (QED) is 0.0534. The molecule has 0 radical (unpaired) electrons. The summed E-state index contributed by atoms with van der Waals surface area (Å²) in [6.45, 7) is -0.468. The van der Waals surface area contributed by atoms with E-state index in [0.717, 1.165) is 0 Å². The molecule has 0 rings (SSSR count). The van der Waals surface area contributed by atoms with Gasteiger partial charge in [-0.25, -0.2) is 0 Å². The van der Waals surface area contributed by atoms with Crippen molar-refractivity contribution < 1.29 is 29.1 Å². The SMILES string of the molecule is NC(=O)CC(N)C(=O)NC(CCCN=C(N)N)C(=O)NC(CS)C(=O)NCC(=O)O. The average Bonchev–Trinajstić information content (AvgIpc) is 2.65. The van der Waals surface area contributed by atoms with E-state index < -0.39 is 60.7 Å². The monoisotopic (exact) mass is 448 g/mol. The molecule has 0 spiro atoms. The standard InChI is InChI=1S/C15H28N8O6S/c16-7(4-10(17)24)12(27)22-8(2-1-3-20-15(18)19)14(29)23-9(6-30)13(28)21-5-11(25)26/h7-9,30H,1-6,16H2,(H2,17,24)(H,21,28)(H,22,27)(H,23,29)(H,25,26)(H4,18,19,20). The van der Waals surface area contributed by atoms with E-state index in [4.69, 9.17) is 28.0 Å². The number of thiol groups is 1. The molecule has 14 nitrogen and oxygen atoms in total. The van der Waals surface area contributed by atoms with Gasteiger partial charge in [0, 0.05) is 12.3 Å². The molecule has 0 fully saturated rings. The molecule has 4 amide bonds. The van der Waals surface area contributed by atoms with Crippen LogP contribution in [0.4, 0.5) is 0 Å². The average molecular weight is 449 g/mol.